The number of urea groups is 1. The minimum Gasteiger partial charge on any atom is -0.373 e. The van der Waals surface area contributed by atoms with Crippen molar-refractivity contribution in [3.63, 3.8) is 0 Å². The molecular formula is C15H16BrN3O2. The van der Waals surface area contributed by atoms with Gasteiger partial charge in [-0.05, 0) is 24.4 Å². The van der Waals surface area contributed by atoms with E-state index in [1.807, 2.05) is 36.4 Å². The van der Waals surface area contributed by atoms with E-state index in [-0.39, 0.29) is 5.91 Å². The summed E-state index contributed by atoms with van der Waals surface area (Å²) in [4.78, 5) is 23.0. The van der Waals surface area contributed by atoms with Crippen LogP contribution in [-0.4, -0.2) is 25.0 Å². The molecule has 1 atom stereocenters. The molecule has 0 aliphatic carbocycles. The molecule has 0 aliphatic rings. The highest BCUT2D eigenvalue weighted by atomic mass is 79.9. The highest BCUT2D eigenvalue weighted by Gasteiger charge is 2.16. The van der Waals surface area contributed by atoms with Gasteiger partial charge in [0.15, 0.2) is 0 Å². The number of carbonyl (C=O) groups excluding carboxylic acids is 2. The lowest BCUT2D eigenvalue weighted by Gasteiger charge is -2.16. The van der Waals surface area contributed by atoms with E-state index in [9.17, 15) is 9.59 Å². The Morgan fingerprint density at radius 2 is 1.76 bits per heavy atom. The van der Waals surface area contributed by atoms with Crippen molar-refractivity contribution in [3.05, 3.63) is 40.9 Å². The van der Waals surface area contributed by atoms with Gasteiger partial charge in [0.05, 0.1) is 0 Å². The van der Waals surface area contributed by atoms with Crippen LogP contribution in [0.5, 0.6) is 0 Å². The number of hydrogen-bond acceptors (Lipinski definition) is 3. The molecule has 0 radical (unpaired) electrons. The van der Waals surface area contributed by atoms with Gasteiger partial charge in [0.1, 0.15) is 6.04 Å². The van der Waals surface area contributed by atoms with Gasteiger partial charge in [-0.2, -0.15) is 0 Å². The Morgan fingerprint density at radius 1 is 1.10 bits per heavy atom. The van der Waals surface area contributed by atoms with Crippen molar-refractivity contribution < 1.29 is 9.59 Å². The number of anilines is 1. The molecule has 110 valence electrons. The molecule has 0 bridgehead atoms. The summed E-state index contributed by atoms with van der Waals surface area (Å²) in [6, 6.07) is 10.6. The zero-order valence-corrected chi connectivity index (χ0v) is 13.3. The summed E-state index contributed by atoms with van der Waals surface area (Å²) in [7, 11) is 1.46. The van der Waals surface area contributed by atoms with Crippen LogP contribution in [0.2, 0.25) is 0 Å². The van der Waals surface area contributed by atoms with E-state index in [1.54, 1.807) is 6.92 Å². The lowest BCUT2D eigenvalue weighted by atomic mass is 10.1. The summed E-state index contributed by atoms with van der Waals surface area (Å²) < 4.78 is 0.992. The lowest BCUT2D eigenvalue weighted by Crippen LogP contribution is -2.44. The smallest absolute Gasteiger partial charge is 0.321 e. The monoisotopic (exact) mass is 349 g/mol. The molecule has 2 aromatic rings. The third-order valence-corrected chi connectivity index (χ3v) is 3.79. The Kier molecular flexibility index (Phi) is 4.80. The van der Waals surface area contributed by atoms with E-state index >= 15 is 0 Å². The van der Waals surface area contributed by atoms with Crippen LogP contribution in [0.1, 0.15) is 6.92 Å². The second kappa shape index (κ2) is 6.58. The zero-order chi connectivity index (χ0) is 15.4. The van der Waals surface area contributed by atoms with Gasteiger partial charge in [-0.3, -0.25) is 10.1 Å². The predicted octanol–water partition coefficient (Wildman–Crippen LogP) is 2.86. The number of hydrogen-bond donors (Lipinski definition) is 3. The number of halogens is 1. The van der Waals surface area contributed by atoms with Gasteiger partial charge in [-0.15, -0.1) is 0 Å². The van der Waals surface area contributed by atoms with Crippen LogP contribution in [0.25, 0.3) is 10.8 Å². The predicted molar refractivity (Wildman–Crippen MR) is 87.3 cm³/mol. The van der Waals surface area contributed by atoms with E-state index in [1.165, 1.54) is 7.05 Å². The highest BCUT2D eigenvalue weighted by molar-refractivity contribution is 9.10. The van der Waals surface area contributed by atoms with Gasteiger partial charge >= 0.3 is 6.03 Å². The average Bonchev–Trinajstić information content (AvgIpc) is 2.50. The number of benzene rings is 2. The highest BCUT2D eigenvalue weighted by Crippen LogP contribution is 2.30. The molecule has 0 saturated carbocycles. The van der Waals surface area contributed by atoms with Crippen LogP contribution in [0.4, 0.5) is 10.5 Å². The number of imide groups is 1. The van der Waals surface area contributed by atoms with Crippen molar-refractivity contribution in [2.24, 2.45) is 0 Å². The molecule has 0 saturated heterocycles. The number of rotatable bonds is 3. The summed E-state index contributed by atoms with van der Waals surface area (Å²) in [5.74, 6) is -0.388. The normalized spacial score (nSPS) is 11.8. The second-order valence-corrected chi connectivity index (χ2v) is 5.43. The Bertz CT molecular complexity index is 688. The molecule has 0 aliphatic heterocycles. The molecule has 3 N–H and O–H groups in total. The van der Waals surface area contributed by atoms with Crippen LogP contribution in [0, 0.1) is 0 Å². The molecule has 0 aromatic heterocycles. The minimum atomic E-state index is -0.535. The number of fused-ring (bicyclic) bond motifs is 1. The van der Waals surface area contributed by atoms with Crippen LogP contribution in [0.3, 0.4) is 0 Å². The Balaban J connectivity index is 2.22. The molecule has 6 heteroatoms. The Hall–Kier alpha value is -2.08. The van der Waals surface area contributed by atoms with E-state index in [2.05, 4.69) is 31.9 Å². The standard InChI is InChI=1S/C15H16BrN3O2/c1-9(14(20)19-15(21)17-2)18-13-8-7-12(16)10-5-3-4-6-11(10)13/h3-9,18H,1-2H3,(H2,17,19,20,21). The molecule has 21 heavy (non-hydrogen) atoms. The molecule has 2 rings (SSSR count). The molecule has 3 amide bonds. The largest absolute Gasteiger partial charge is 0.373 e. The van der Waals surface area contributed by atoms with Gasteiger partial charge in [-0.1, -0.05) is 40.2 Å². The minimum absolute atomic E-state index is 0.388. The number of nitrogens with one attached hydrogen (secondary N) is 3. The van der Waals surface area contributed by atoms with Gasteiger partial charge in [0, 0.05) is 22.6 Å². The lowest BCUT2D eigenvalue weighted by molar-refractivity contribution is -0.120. The van der Waals surface area contributed by atoms with Crippen LogP contribution < -0.4 is 16.0 Å². The van der Waals surface area contributed by atoms with E-state index in [0.29, 0.717) is 0 Å². The fraction of sp³-hybridized carbons (Fsp3) is 0.200. The van der Waals surface area contributed by atoms with Crippen molar-refractivity contribution in [3.8, 4) is 0 Å². The van der Waals surface area contributed by atoms with Gasteiger partial charge in [0.25, 0.3) is 0 Å². The maximum Gasteiger partial charge on any atom is 0.321 e. The van der Waals surface area contributed by atoms with E-state index in [0.717, 1.165) is 20.9 Å². The summed E-state index contributed by atoms with van der Waals surface area (Å²) >= 11 is 3.51. The molecule has 5 nitrogen and oxygen atoms in total. The summed E-state index contributed by atoms with van der Waals surface area (Å²) in [5, 5.41) is 9.79. The maximum absolute atomic E-state index is 11.9. The quantitative estimate of drug-likeness (QED) is 0.797. The SMILES string of the molecule is CNC(=O)NC(=O)C(C)Nc1ccc(Br)c2ccccc12. The third-order valence-electron chi connectivity index (χ3n) is 3.10. The molecule has 0 fully saturated rings. The first-order valence-electron chi connectivity index (χ1n) is 6.49. The van der Waals surface area contributed by atoms with Gasteiger partial charge in [0.2, 0.25) is 5.91 Å². The molecule has 0 heterocycles. The van der Waals surface area contributed by atoms with Crippen LogP contribution in [0.15, 0.2) is 40.9 Å². The zero-order valence-electron chi connectivity index (χ0n) is 11.7. The maximum atomic E-state index is 11.9. The van der Waals surface area contributed by atoms with Crippen molar-refractivity contribution in [2.45, 2.75) is 13.0 Å². The van der Waals surface area contributed by atoms with Crippen LogP contribution >= 0.6 is 15.9 Å². The average molecular weight is 350 g/mol. The first-order valence-corrected chi connectivity index (χ1v) is 7.28. The third kappa shape index (κ3) is 3.52. The van der Waals surface area contributed by atoms with Crippen molar-refractivity contribution in [1.29, 1.82) is 0 Å². The molecule has 1 unspecified atom stereocenters. The fourth-order valence-corrected chi connectivity index (χ4v) is 2.45. The number of carbonyl (C=O) groups is 2. The second-order valence-electron chi connectivity index (χ2n) is 4.57. The molecule has 2 aromatic carbocycles. The van der Waals surface area contributed by atoms with Crippen molar-refractivity contribution in [2.75, 3.05) is 12.4 Å². The molecule has 0 spiro atoms. The van der Waals surface area contributed by atoms with Crippen molar-refractivity contribution >= 4 is 44.3 Å². The first kappa shape index (κ1) is 15.3. The number of amides is 3. The van der Waals surface area contributed by atoms with Gasteiger partial charge in [-0.25, -0.2) is 4.79 Å². The first-order chi connectivity index (χ1) is 10.0. The Morgan fingerprint density at radius 3 is 2.43 bits per heavy atom. The van der Waals surface area contributed by atoms with Crippen LogP contribution in [-0.2, 0) is 4.79 Å². The van der Waals surface area contributed by atoms with E-state index < -0.39 is 12.1 Å². The summed E-state index contributed by atoms with van der Waals surface area (Å²) in [6.07, 6.45) is 0. The van der Waals surface area contributed by atoms with Crippen molar-refractivity contribution in [1.82, 2.24) is 10.6 Å². The molecular weight excluding hydrogens is 334 g/mol. The van der Waals surface area contributed by atoms with E-state index in [4.69, 9.17) is 0 Å². The van der Waals surface area contributed by atoms with Gasteiger partial charge < -0.3 is 10.6 Å². The topological polar surface area (TPSA) is 70.2 Å². The fourth-order valence-electron chi connectivity index (χ4n) is 1.97. The Labute approximate surface area is 131 Å². The summed E-state index contributed by atoms with van der Waals surface area (Å²) in [6.45, 7) is 1.70. The summed E-state index contributed by atoms with van der Waals surface area (Å²) in [5.41, 5.74) is 0.841.